The number of amides is 2. The molecule has 1 saturated heterocycles. The number of nitrogens with zero attached hydrogens (tertiary/aromatic N) is 2. The highest BCUT2D eigenvalue weighted by molar-refractivity contribution is 5.93. The van der Waals surface area contributed by atoms with E-state index in [-0.39, 0.29) is 17.6 Å². The average Bonchev–Trinajstić information content (AvgIpc) is 3.30. The van der Waals surface area contributed by atoms with Crippen molar-refractivity contribution in [2.75, 3.05) is 33.7 Å². The minimum Gasteiger partial charge on any atom is -0.361 e. The molecular weight excluding hydrogens is 490 g/mol. The highest BCUT2D eigenvalue weighted by atomic mass is 16.2. The Hall–Kier alpha value is -3.49. The molecule has 0 bridgehead atoms. The molecule has 0 saturated carbocycles. The van der Waals surface area contributed by atoms with Crippen LogP contribution in [0.2, 0.25) is 0 Å². The number of Topliss-reactive ketones (excluding diaryl/α,β-unsaturated/α-hetero) is 1. The molecule has 0 aliphatic carbocycles. The Morgan fingerprint density at radius 2 is 1.69 bits per heavy atom. The topological polar surface area (TPSA) is 112 Å². The number of hydrogen-bond donors (Lipinski definition) is 3. The maximum atomic E-state index is 13.9. The van der Waals surface area contributed by atoms with Crippen LogP contribution in [0.25, 0.3) is 10.9 Å². The average molecular weight is 532 g/mol. The van der Waals surface area contributed by atoms with Gasteiger partial charge in [0.25, 0.3) is 0 Å². The van der Waals surface area contributed by atoms with Crippen molar-refractivity contribution in [3.05, 3.63) is 71.9 Å². The number of aromatic nitrogens is 1. The molecule has 1 aliphatic heterocycles. The van der Waals surface area contributed by atoms with Crippen LogP contribution in [0.3, 0.4) is 0 Å². The molecule has 1 fully saturated rings. The monoisotopic (exact) mass is 531 g/mol. The zero-order valence-corrected chi connectivity index (χ0v) is 23.5. The number of fused-ring (bicyclic) bond motifs is 1. The summed E-state index contributed by atoms with van der Waals surface area (Å²) < 4.78 is 0. The van der Waals surface area contributed by atoms with E-state index in [0.29, 0.717) is 45.3 Å². The summed E-state index contributed by atoms with van der Waals surface area (Å²) in [5.41, 5.74) is 7.47. The third-order valence-corrected chi connectivity index (χ3v) is 7.76. The molecule has 208 valence electrons. The highest BCUT2D eigenvalue weighted by Gasteiger charge is 2.43. The number of H-pyrrole nitrogens is 1. The number of hydrogen-bond acceptors (Lipinski definition) is 5. The lowest BCUT2D eigenvalue weighted by Crippen LogP contribution is -2.58. The Morgan fingerprint density at radius 1 is 1.05 bits per heavy atom. The van der Waals surface area contributed by atoms with Crippen LogP contribution in [0.1, 0.15) is 37.8 Å². The van der Waals surface area contributed by atoms with E-state index in [2.05, 4.69) is 22.4 Å². The van der Waals surface area contributed by atoms with Gasteiger partial charge in [0.1, 0.15) is 6.04 Å². The van der Waals surface area contributed by atoms with Crippen LogP contribution in [0, 0.1) is 5.41 Å². The van der Waals surface area contributed by atoms with E-state index in [0.717, 1.165) is 22.0 Å². The van der Waals surface area contributed by atoms with E-state index in [1.54, 1.807) is 18.7 Å². The first-order valence-electron chi connectivity index (χ1n) is 13.6. The van der Waals surface area contributed by atoms with Crippen LogP contribution in [0.15, 0.2) is 60.8 Å². The molecule has 2 heterocycles. The number of carbonyl (C=O) groups is 3. The highest BCUT2D eigenvalue weighted by Crippen LogP contribution is 2.37. The third kappa shape index (κ3) is 6.75. The maximum absolute atomic E-state index is 13.9. The number of aromatic amines is 1. The van der Waals surface area contributed by atoms with Gasteiger partial charge < -0.3 is 25.8 Å². The van der Waals surface area contributed by atoms with Gasteiger partial charge in [-0.1, -0.05) is 48.5 Å². The van der Waals surface area contributed by atoms with Gasteiger partial charge in [-0.05, 0) is 64.4 Å². The lowest BCUT2D eigenvalue weighted by molar-refractivity contribution is -0.142. The summed E-state index contributed by atoms with van der Waals surface area (Å²) >= 11 is 0. The van der Waals surface area contributed by atoms with Crippen molar-refractivity contribution in [1.29, 1.82) is 0 Å². The standard InChI is InChI=1S/C31H41N5O3/c1-30(2,32)29(39)34-26(18-23-20-33-25-13-9-8-12-24(23)25)28(38)36-16-14-31(15-17-36,27(37)21-35(3)4)19-22-10-6-5-7-11-22/h5-13,20,26,33H,14-19,21,32H2,1-4H3,(H,34,39)/t26-/m1/s1. The van der Waals surface area contributed by atoms with Gasteiger partial charge in [0.15, 0.2) is 5.78 Å². The van der Waals surface area contributed by atoms with Crippen LogP contribution in [-0.2, 0) is 27.2 Å². The number of ketones is 1. The second-order valence-electron chi connectivity index (χ2n) is 11.7. The summed E-state index contributed by atoms with van der Waals surface area (Å²) in [6, 6.07) is 17.2. The van der Waals surface area contributed by atoms with E-state index in [1.807, 2.05) is 67.7 Å². The molecule has 0 unspecified atom stereocenters. The number of likely N-dealkylation sites (tertiary alicyclic amines) is 1. The smallest absolute Gasteiger partial charge is 0.245 e. The van der Waals surface area contributed by atoms with Gasteiger partial charge in [-0.3, -0.25) is 14.4 Å². The molecule has 8 heteroatoms. The first kappa shape index (κ1) is 28.5. The SMILES string of the molecule is CN(C)CC(=O)C1(Cc2ccccc2)CCN(C(=O)[C@@H](Cc2c[nH]c3ccccc23)NC(=O)C(C)(C)N)CC1. The minimum atomic E-state index is -1.12. The molecule has 1 aliphatic rings. The number of nitrogens with two attached hydrogens (primary N) is 1. The third-order valence-electron chi connectivity index (χ3n) is 7.76. The van der Waals surface area contributed by atoms with Crippen molar-refractivity contribution in [1.82, 2.24) is 20.1 Å². The summed E-state index contributed by atoms with van der Waals surface area (Å²) in [6.45, 7) is 4.54. The summed E-state index contributed by atoms with van der Waals surface area (Å²) in [6.07, 6.45) is 4.05. The van der Waals surface area contributed by atoms with Crippen LogP contribution >= 0.6 is 0 Å². The van der Waals surface area contributed by atoms with Gasteiger partial charge in [0.2, 0.25) is 11.8 Å². The fraction of sp³-hybridized carbons (Fsp3) is 0.452. The molecule has 1 atom stereocenters. The fourth-order valence-electron chi connectivity index (χ4n) is 5.44. The van der Waals surface area contributed by atoms with Crippen LogP contribution in [0.4, 0.5) is 0 Å². The first-order valence-corrected chi connectivity index (χ1v) is 13.6. The molecule has 8 nitrogen and oxygen atoms in total. The minimum absolute atomic E-state index is 0.147. The summed E-state index contributed by atoms with van der Waals surface area (Å²) in [4.78, 5) is 47.3. The molecule has 2 amide bonds. The lowest BCUT2D eigenvalue weighted by atomic mass is 9.70. The molecule has 2 aromatic carbocycles. The molecule has 0 radical (unpaired) electrons. The predicted molar refractivity (Wildman–Crippen MR) is 154 cm³/mol. The largest absolute Gasteiger partial charge is 0.361 e. The van der Waals surface area contributed by atoms with Crippen LogP contribution in [-0.4, -0.2) is 77.7 Å². The van der Waals surface area contributed by atoms with Crippen LogP contribution < -0.4 is 11.1 Å². The van der Waals surface area contributed by atoms with Gasteiger partial charge in [-0.15, -0.1) is 0 Å². The van der Waals surface area contributed by atoms with Crippen LogP contribution in [0.5, 0.6) is 0 Å². The van der Waals surface area contributed by atoms with Crippen molar-refractivity contribution < 1.29 is 14.4 Å². The van der Waals surface area contributed by atoms with Crippen molar-refractivity contribution in [3.8, 4) is 0 Å². The number of benzene rings is 2. The summed E-state index contributed by atoms with van der Waals surface area (Å²) in [5, 5.41) is 3.94. The zero-order chi connectivity index (χ0) is 28.2. The Bertz CT molecular complexity index is 1300. The van der Waals surface area contributed by atoms with E-state index < -0.39 is 17.0 Å². The Labute approximate surface area is 230 Å². The van der Waals surface area contributed by atoms with Gasteiger partial charge in [0, 0.05) is 42.0 Å². The van der Waals surface area contributed by atoms with E-state index in [4.69, 9.17) is 5.73 Å². The predicted octanol–water partition coefficient (Wildman–Crippen LogP) is 2.91. The van der Waals surface area contributed by atoms with Crippen molar-refractivity contribution >= 4 is 28.5 Å². The molecular formula is C31H41N5O3. The molecule has 4 rings (SSSR count). The molecule has 0 spiro atoms. The summed E-state index contributed by atoms with van der Waals surface area (Å²) in [5.74, 6) is -0.319. The maximum Gasteiger partial charge on any atom is 0.245 e. The van der Waals surface area contributed by atoms with Gasteiger partial charge in [0.05, 0.1) is 12.1 Å². The van der Waals surface area contributed by atoms with E-state index >= 15 is 0 Å². The second-order valence-corrected chi connectivity index (χ2v) is 11.7. The van der Waals surface area contributed by atoms with Crippen molar-refractivity contribution in [3.63, 3.8) is 0 Å². The first-order chi connectivity index (χ1) is 18.5. The molecule has 39 heavy (non-hydrogen) atoms. The van der Waals surface area contributed by atoms with E-state index in [9.17, 15) is 14.4 Å². The molecule has 4 N–H and O–H groups in total. The Balaban J connectivity index is 1.55. The Kier molecular flexibility index (Phi) is 8.57. The Morgan fingerprint density at radius 3 is 2.33 bits per heavy atom. The number of rotatable bonds is 10. The van der Waals surface area contributed by atoms with Gasteiger partial charge >= 0.3 is 0 Å². The normalized spacial score (nSPS) is 16.3. The fourth-order valence-corrected chi connectivity index (χ4v) is 5.44. The molecule has 1 aromatic heterocycles. The summed E-state index contributed by atoms with van der Waals surface area (Å²) in [7, 11) is 3.81. The molecule has 3 aromatic rings. The number of carbonyl (C=O) groups excluding carboxylic acids is 3. The van der Waals surface area contributed by atoms with Gasteiger partial charge in [-0.25, -0.2) is 0 Å². The quantitative estimate of drug-likeness (QED) is 0.373. The zero-order valence-electron chi connectivity index (χ0n) is 23.5. The number of nitrogens with one attached hydrogen (secondary N) is 2. The van der Waals surface area contributed by atoms with Gasteiger partial charge in [-0.2, -0.15) is 0 Å². The van der Waals surface area contributed by atoms with Crippen molar-refractivity contribution in [2.24, 2.45) is 11.1 Å². The lowest BCUT2D eigenvalue weighted by Gasteiger charge is -2.42. The van der Waals surface area contributed by atoms with Crippen molar-refractivity contribution in [2.45, 2.75) is 51.1 Å². The second kappa shape index (κ2) is 11.7. The number of para-hydroxylation sites is 1. The number of piperidine rings is 1. The number of likely N-dealkylation sites (N-methyl/N-ethyl adjacent to an activating group) is 1. The van der Waals surface area contributed by atoms with E-state index in [1.165, 1.54) is 0 Å².